The van der Waals surface area contributed by atoms with Crippen LogP contribution in [0.25, 0.3) is 0 Å². The third-order valence-electron chi connectivity index (χ3n) is 4.84. The number of carboxylic acid groups (broad SMARTS) is 1. The van der Waals surface area contributed by atoms with E-state index in [1.165, 1.54) is 19.8 Å². The molecule has 2 saturated heterocycles. The third-order valence-corrected chi connectivity index (χ3v) is 4.84. The number of rotatable bonds is 2. The maximum absolute atomic E-state index is 12.4. The summed E-state index contributed by atoms with van der Waals surface area (Å²) in [5, 5.41) is 8.99. The van der Waals surface area contributed by atoms with Gasteiger partial charge in [0.2, 0.25) is 5.91 Å². The molecule has 0 aromatic rings. The number of hydrogen-bond acceptors (Lipinski definition) is 3. The Morgan fingerprint density at radius 2 is 1.80 bits per heavy atom. The van der Waals surface area contributed by atoms with Crippen molar-refractivity contribution in [1.82, 2.24) is 9.80 Å². The SMILES string of the molecule is CC(C(=O)O)=C(C)C(=O)N1CCC2C(CCCN2C)C1. The maximum atomic E-state index is 12.4. The molecule has 5 nitrogen and oxygen atoms in total. The van der Waals surface area contributed by atoms with E-state index in [9.17, 15) is 9.59 Å². The summed E-state index contributed by atoms with van der Waals surface area (Å²) in [5.74, 6) is -0.593. The number of likely N-dealkylation sites (tertiary alicyclic amines) is 2. The van der Waals surface area contributed by atoms with Gasteiger partial charge in [-0.15, -0.1) is 0 Å². The number of hydrogen-bond donors (Lipinski definition) is 1. The second-order valence-corrected chi connectivity index (χ2v) is 6.05. The minimum atomic E-state index is -1.01. The molecule has 112 valence electrons. The van der Waals surface area contributed by atoms with Gasteiger partial charge in [0.05, 0.1) is 0 Å². The van der Waals surface area contributed by atoms with E-state index < -0.39 is 5.97 Å². The summed E-state index contributed by atoms with van der Waals surface area (Å²) in [4.78, 5) is 27.6. The topological polar surface area (TPSA) is 60.9 Å². The molecule has 2 aliphatic heterocycles. The van der Waals surface area contributed by atoms with Gasteiger partial charge in [0, 0.05) is 30.3 Å². The highest BCUT2D eigenvalue weighted by Gasteiger charge is 2.36. The van der Waals surface area contributed by atoms with Gasteiger partial charge in [-0.05, 0) is 52.6 Å². The van der Waals surface area contributed by atoms with Crippen molar-refractivity contribution < 1.29 is 14.7 Å². The van der Waals surface area contributed by atoms with Gasteiger partial charge < -0.3 is 14.9 Å². The van der Waals surface area contributed by atoms with Crippen molar-refractivity contribution in [3.05, 3.63) is 11.1 Å². The van der Waals surface area contributed by atoms with Crippen LogP contribution in [0.3, 0.4) is 0 Å². The number of piperidine rings is 2. The lowest BCUT2D eigenvalue weighted by molar-refractivity contribution is -0.134. The predicted molar refractivity (Wildman–Crippen MR) is 76.3 cm³/mol. The molecule has 2 heterocycles. The Bertz CT molecular complexity index is 444. The second-order valence-electron chi connectivity index (χ2n) is 6.05. The van der Waals surface area contributed by atoms with Crippen molar-refractivity contribution in [2.75, 3.05) is 26.7 Å². The number of carbonyl (C=O) groups is 2. The summed E-state index contributed by atoms with van der Waals surface area (Å²) in [7, 11) is 2.16. The van der Waals surface area contributed by atoms with Crippen LogP contribution in [0.4, 0.5) is 0 Å². The van der Waals surface area contributed by atoms with Crippen molar-refractivity contribution in [1.29, 1.82) is 0 Å². The third kappa shape index (κ3) is 2.87. The summed E-state index contributed by atoms with van der Waals surface area (Å²) >= 11 is 0. The number of aliphatic carboxylic acids is 1. The summed E-state index contributed by atoms with van der Waals surface area (Å²) in [6, 6.07) is 0.581. The number of carbonyl (C=O) groups excluding carboxylic acids is 1. The van der Waals surface area contributed by atoms with Gasteiger partial charge in [-0.1, -0.05) is 0 Å². The highest BCUT2D eigenvalue weighted by Crippen LogP contribution is 2.30. The zero-order valence-electron chi connectivity index (χ0n) is 12.6. The Hall–Kier alpha value is -1.36. The van der Waals surface area contributed by atoms with Crippen LogP contribution >= 0.6 is 0 Å². The molecule has 0 aromatic heterocycles. The first-order valence-corrected chi connectivity index (χ1v) is 7.32. The molecule has 0 aliphatic carbocycles. The maximum Gasteiger partial charge on any atom is 0.331 e. The standard InChI is InChI=1S/C15H24N2O3/c1-10(11(2)15(19)20)14(18)17-8-6-13-12(9-17)5-4-7-16(13)3/h12-13H,4-9H2,1-3H3,(H,19,20). The van der Waals surface area contributed by atoms with Crippen LogP contribution in [0.2, 0.25) is 0 Å². The lowest BCUT2D eigenvalue weighted by atomic mass is 9.84. The highest BCUT2D eigenvalue weighted by atomic mass is 16.4. The number of fused-ring (bicyclic) bond motifs is 1. The Morgan fingerprint density at radius 1 is 1.10 bits per heavy atom. The first-order chi connectivity index (χ1) is 9.41. The van der Waals surface area contributed by atoms with Crippen molar-refractivity contribution in [2.24, 2.45) is 5.92 Å². The monoisotopic (exact) mass is 280 g/mol. The molecule has 2 atom stereocenters. The van der Waals surface area contributed by atoms with E-state index in [0.717, 1.165) is 26.1 Å². The molecule has 0 aromatic carbocycles. The van der Waals surface area contributed by atoms with Gasteiger partial charge >= 0.3 is 5.97 Å². The van der Waals surface area contributed by atoms with Crippen LogP contribution < -0.4 is 0 Å². The lowest BCUT2D eigenvalue weighted by Crippen LogP contribution is -2.54. The average molecular weight is 280 g/mol. The first-order valence-electron chi connectivity index (χ1n) is 7.32. The Labute approximate surface area is 120 Å². The normalized spacial score (nSPS) is 28.6. The molecule has 2 rings (SSSR count). The van der Waals surface area contributed by atoms with Gasteiger partial charge in [-0.25, -0.2) is 4.79 Å². The van der Waals surface area contributed by atoms with Gasteiger partial charge in [-0.2, -0.15) is 0 Å². The summed E-state index contributed by atoms with van der Waals surface area (Å²) in [5.41, 5.74) is 0.512. The van der Waals surface area contributed by atoms with Gasteiger partial charge in [0.25, 0.3) is 0 Å². The van der Waals surface area contributed by atoms with Gasteiger partial charge in [-0.3, -0.25) is 4.79 Å². The Balaban J connectivity index is 2.07. The van der Waals surface area contributed by atoms with Crippen molar-refractivity contribution >= 4 is 11.9 Å². The molecule has 5 heteroatoms. The van der Waals surface area contributed by atoms with Gasteiger partial charge in [0.1, 0.15) is 0 Å². The van der Waals surface area contributed by atoms with Crippen LogP contribution in [-0.4, -0.2) is 59.5 Å². The zero-order chi connectivity index (χ0) is 14.9. The summed E-state index contributed by atoms with van der Waals surface area (Å²) in [6.07, 6.45) is 3.34. The fraction of sp³-hybridized carbons (Fsp3) is 0.733. The molecule has 20 heavy (non-hydrogen) atoms. The largest absolute Gasteiger partial charge is 0.478 e. The van der Waals surface area contributed by atoms with E-state index in [1.807, 2.05) is 4.90 Å². The Kier molecular flexibility index (Phi) is 4.48. The van der Waals surface area contributed by atoms with Crippen LogP contribution in [0.5, 0.6) is 0 Å². The van der Waals surface area contributed by atoms with Crippen LogP contribution in [0.15, 0.2) is 11.1 Å². The smallest absolute Gasteiger partial charge is 0.331 e. The van der Waals surface area contributed by atoms with E-state index in [1.54, 1.807) is 6.92 Å². The minimum absolute atomic E-state index is 0.114. The molecule has 0 bridgehead atoms. The van der Waals surface area contributed by atoms with E-state index in [0.29, 0.717) is 17.5 Å². The van der Waals surface area contributed by atoms with Crippen LogP contribution in [-0.2, 0) is 9.59 Å². The molecule has 2 fully saturated rings. The summed E-state index contributed by atoms with van der Waals surface area (Å²) in [6.45, 7) is 5.75. The number of amides is 1. The van der Waals surface area contributed by atoms with Crippen LogP contribution in [0, 0.1) is 5.92 Å². The van der Waals surface area contributed by atoms with E-state index >= 15 is 0 Å². The molecule has 0 spiro atoms. The first kappa shape index (κ1) is 15.0. The van der Waals surface area contributed by atoms with Crippen molar-refractivity contribution in [3.8, 4) is 0 Å². The van der Waals surface area contributed by atoms with Crippen molar-refractivity contribution in [3.63, 3.8) is 0 Å². The molecule has 0 radical (unpaired) electrons. The Morgan fingerprint density at radius 3 is 2.45 bits per heavy atom. The zero-order valence-corrected chi connectivity index (χ0v) is 12.6. The van der Waals surface area contributed by atoms with Crippen LogP contribution in [0.1, 0.15) is 33.1 Å². The number of nitrogens with zero attached hydrogens (tertiary/aromatic N) is 2. The molecule has 2 unspecified atom stereocenters. The molecule has 2 aliphatic rings. The van der Waals surface area contributed by atoms with E-state index in [4.69, 9.17) is 5.11 Å². The fourth-order valence-corrected chi connectivity index (χ4v) is 3.39. The summed E-state index contributed by atoms with van der Waals surface area (Å²) < 4.78 is 0. The molecular formula is C15H24N2O3. The van der Waals surface area contributed by atoms with Gasteiger partial charge in [0.15, 0.2) is 0 Å². The number of carboxylic acids is 1. The fourth-order valence-electron chi connectivity index (χ4n) is 3.39. The predicted octanol–water partition coefficient (Wildman–Crippen LogP) is 1.35. The van der Waals surface area contributed by atoms with E-state index in [-0.39, 0.29) is 11.5 Å². The molecule has 1 amide bonds. The average Bonchev–Trinajstić information content (AvgIpc) is 2.44. The van der Waals surface area contributed by atoms with Crippen molar-refractivity contribution in [2.45, 2.75) is 39.2 Å². The molecular weight excluding hydrogens is 256 g/mol. The molecule has 0 saturated carbocycles. The minimum Gasteiger partial charge on any atom is -0.478 e. The highest BCUT2D eigenvalue weighted by molar-refractivity contribution is 6.01. The van der Waals surface area contributed by atoms with E-state index in [2.05, 4.69) is 11.9 Å². The second kappa shape index (κ2) is 5.95. The molecule has 1 N–H and O–H groups in total. The quantitative estimate of drug-likeness (QED) is 0.776. The lowest BCUT2D eigenvalue weighted by Gasteiger charge is -2.46.